The lowest BCUT2D eigenvalue weighted by molar-refractivity contribution is 0.227. The summed E-state index contributed by atoms with van der Waals surface area (Å²) in [5.74, 6) is 1.35. The summed E-state index contributed by atoms with van der Waals surface area (Å²) in [6.07, 6.45) is 2.38. The summed E-state index contributed by atoms with van der Waals surface area (Å²) < 4.78 is 5.42. The second kappa shape index (κ2) is 6.74. The number of nitrogens with zero attached hydrogens (tertiary/aromatic N) is 2. The number of rotatable bonds is 5. The maximum atomic E-state index is 11.7. The van der Waals surface area contributed by atoms with Crippen LogP contribution < -0.4 is 10.6 Å². The van der Waals surface area contributed by atoms with Crippen LogP contribution in [0.25, 0.3) is 0 Å². The first kappa shape index (κ1) is 14.8. The average molecular weight is 280 g/mol. The number of aryl methyl sites for hydroxylation is 2. The van der Waals surface area contributed by atoms with Crippen LogP contribution in [0.15, 0.2) is 4.42 Å². The van der Waals surface area contributed by atoms with Crippen molar-refractivity contribution in [2.24, 2.45) is 0 Å². The van der Waals surface area contributed by atoms with Crippen molar-refractivity contribution >= 4 is 6.03 Å². The standard InChI is InChI=1S/C14H24N4O2/c1-4-18-7-5-6-12(18)8-15-14(19)16-9-13-17-10(2)11(3)20-13/h12H,4-9H2,1-3H3,(H2,15,16,19). The van der Waals surface area contributed by atoms with E-state index in [9.17, 15) is 4.79 Å². The number of amides is 2. The van der Waals surface area contributed by atoms with E-state index >= 15 is 0 Å². The fourth-order valence-corrected chi connectivity index (χ4v) is 2.59. The second-order valence-corrected chi connectivity index (χ2v) is 5.24. The third kappa shape index (κ3) is 3.72. The number of urea groups is 1. The van der Waals surface area contributed by atoms with Crippen molar-refractivity contribution in [2.75, 3.05) is 19.6 Å². The summed E-state index contributed by atoms with van der Waals surface area (Å²) in [6.45, 7) is 9.12. The minimum absolute atomic E-state index is 0.165. The second-order valence-electron chi connectivity index (χ2n) is 5.24. The molecule has 2 rings (SSSR count). The third-order valence-corrected chi connectivity index (χ3v) is 3.88. The molecule has 112 valence electrons. The van der Waals surface area contributed by atoms with Gasteiger partial charge in [-0.2, -0.15) is 0 Å². The van der Waals surface area contributed by atoms with Gasteiger partial charge in [0.2, 0.25) is 5.89 Å². The zero-order chi connectivity index (χ0) is 14.5. The van der Waals surface area contributed by atoms with Gasteiger partial charge in [0.1, 0.15) is 5.76 Å². The van der Waals surface area contributed by atoms with E-state index < -0.39 is 0 Å². The Hall–Kier alpha value is -1.56. The van der Waals surface area contributed by atoms with Crippen molar-refractivity contribution in [2.45, 2.75) is 46.2 Å². The SMILES string of the molecule is CCN1CCCC1CNC(=O)NCc1nc(C)c(C)o1. The van der Waals surface area contributed by atoms with Crippen molar-refractivity contribution in [1.29, 1.82) is 0 Å². The summed E-state index contributed by atoms with van der Waals surface area (Å²) in [5.41, 5.74) is 0.867. The van der Waals surface area contributed by atoms with Gasteiger partial charge in [-0.05, 0) is 39.8 Å². The molecule has 20 heavy (non-hydrogen) atoms. The molecule has 1 aliphatic rings. The largest absolute Gasteiger partial charge is 0.444 e. The van der Waals surface area contributed by atoms with Crippen LogP contribution in [0.1, 0.15) is 37.1 Å². The molecule has 0 radical (unpaired) electrons. The molecule has 1 saturated heterocycles. The van der Waals surface area contributed by atoms with Gasteiger partial charge >= 0.3 is 6.03 Å². The molecule has 0 spiro atoms. The first-order valence-electron chi connectivity index (χ1n) is 7.28. The van der Waals surface area contributed by atoms with Gasteiger partial charge in [-0.15, -0.1) is 0 Å². The Kier molecular flexibility index (Phi) is 5.00. The van der Waals surface area contributed by atoms with Crippen LogP contribution in [0.5, 0.6) is 0 Å². The van der Waals surface area contributed by atoms with Crippen LogP contribution >= 0.6 is 0 Å². The topological polar surface area (TPSA) is 70.4 Å². The van der Waals surface area contributed by atoms with Crippen molar-refractivity contribution in [3.05, 3.63) is 17.3 Å². The lowest BCUT2D eigenvalue weighted by atomic mass is 10.2. The molecular weight excluding hydrogens is 256 g/mol. The Morgan fingerprint density at radius 3 is 2.90 bits per heavy atom. The van der Waals surface area contributed by atoms with Crippen LogP contribution in [-0.2, 0) is 6.54 Å². The number of hydrogen-bond acceptors (Lipinski definition) is 4. The van der Waals surface area contributed by atoms with Crippen LogP contribution in [0.4, 0.5) is 4.79 Å². The highest BCUT2D eigenvalue weighted by Gasteiger charge is 2.23. The number of carbonyl (C=O) groups excluding carboxylic acids is 1. The quantitative estimate of drug-likeness (QED) is 0.859. The molecule has 1 aromatic rings. The van der Waals surface area contributed by atoms with Gasteiger partial charge in [0.25, 0.3) is 0 Å². The summed E-state index contributed by atoms with van der Waals surface area (Å²) in [6, 6.07) is 0.304. The van der Waals surface area contributed by atoms with Crippen molar-refractivity contribution in [1.82, 2.24) is 20.5 Å². The monoisotopic (exact) mass is 280 g/mol. The zero-order valence-electron chi connectivity index (χ0n) is 12.5. The van der Waals surface area contributed by atoms with Crippen molar-refractivity contribution < 1.29 is 9.21 Å². The van der Waals surface area contributed by atoms with Crippen molar-refractivity contribution in [3.63, 3.8) is 0 Å². The van der Waals surface area contributed by atoms with E-state index in [0.717, 1.165) is 31.0 Å². The summed E-state index contributed by atoms with van der Waals surface area (Å²) in [5, 5.41) is 5.69. The number of oxazole rings is 1. The van der Waals surface area contributed by atoms with Gasteiger partial charge in [-0.1, -0.05) is 6.92 Å². The zero-order valence-corrected chi connectivity index (χ0v) is 12.5. The van der Waals surface area contributed by atoms with E-state index in [1.54, 1.807) is 0 Å². The molecule has 1 atom stereocenters. The van der Waals surface area contributed by atoms with E-state index in [2.05, 4.69) is 27.4 Å². The third-order valence-electron chi connectivity index (χ3n) is 3.88. The van der Waals surface area contributed by atoms with Crippen molar-refractivity contribution in [3.8, 4) is 0 Å². The summed E-state index contributed by atoms with van der Waals surface area (Å²) in [7, 11) is 0. The molecule has 6 nitrogen and oxygen atoms in total. The molecule has 0 aliphatic carbocycles. The number of hydrogen-bond donors (Lipinski definition) is 2. The average Bonchev–Trinajstić information content (AvgIpc) is 3.01. The smallest absolute Gasteiger partial charge is 0.315 e. The van der Waals surface area contributed by atoms with Gasteiger partial charge in [0.05, 0.1) is 12.2 Å². The number of nitrogens with one attached hydrogen (secondary N) is 2. The maximum Gasteiger partial charge on any atom is 0.315 e. The van der Waals surface area contributed by atoms with Gasteiger partial charge in [-0.25, -0.2) is 9.78 Å². The van der Waals surface area contributed by atoms with Gasteiger partial charge in [-0.3, -0.25) is 4.90 Å². The molecule has 0 aromatic carbocycles. The first-order valence-corrected chi connectivity index (χ1v) is 7.28. The molecule has 2 N–H and O–H groups in total. The predicted octanol–water partition coefficient (Wildman–Crippen LogP) is 1.57. The number of likely N-dealkylation sites (N-methyl/N-ethyl adjacent to an activating group) is 1. The predicted molar refractivity (Wildman–Crippen MR) is 76.5 cm³/mol. The highest BCUT2D eigenvalue weighted by Crippen LogP contribution is 2.15. The molecule has 1 unspecified atom stereocenters. The minimum atomic E-state index is -0.165. The molecule has 1 aromatic heterocycles. The van der Waals surface area contributed by atoms with E-state index in [1.165, 1.54) is 6.42 Å². The molecule has 1 aliphatic heterocycles. The molecular formula is C14H24N4O2. The highest BCUT2D eigenvalue weighted by molar-refractivity contribution is 5.73. The number of likely N-dealkylation sites (tertiary alicyclic amines) is 1. The van der Waals surface area contributed by atoms with Crippen LogP contribution in [0, 0.1) is 13.8 Å². The minimum Gasteiger partial charge on any atom is -0.444 e. The van der Waals surface area contributed by atoms with Gasteiger partial charge in [0, 0.05) is 12.6 Å². The number of carbonyl (C=O) groups is 1. The first-order chi connectivity index (χ1) is 9.60. The molecule has 2 heterocycles. The fraction of sp³-hybridized carbons (Fsp3) is 0.714. The maximum absolute atomic E-state index is 11.7. The van der Waals surface area contributed by atoms with Gasteiger partial charge < -0.3 is 15.1 Å². The Bertz CT molecular complexity index is 439. The fourth-order valence-electron chi connectivity index (χ4n) is 2.59. The van der Waals surface area contributed by atoms with Crippen LogP contribution in [0.3, 0.4) is 0 Å². The molecule has 2 amide bonds. The molecule has 0 saturated carbocycles. The lowest BCUT2D eigenvalue weighted by Gasteiger charge is -2.22. The summed E-state index contributed by atoms with van der Waals surface area (Å²) >= 11 is 0. The van der Waals surface area contributed by atoms with E-state index in [1.807, 2.05) is 13.8 Å². The van der Waals surface area contributed by atoms with E-state index in [0.29, 0.717) is 25.0 Å². The Morgan fingerprint density at radius 1 is 1.45 bits per heavy atom. The normalized spacial score (nSPS) is 19.2. The summed E-state index contributed by atoms with van der Waals surface area (Å²) in [4.78, 5) is 18.4. The molecule has 1 fully saturated rings. The van der Waals surface area contributed by atoms with E-state index in [-0.39, 0.29) is 6.03 Å². The Balaban J connectivity index is 1.70. The molecule has 0 bridgehead atoms. The van der Waals surface area contributed by atoms with Gasteiger partial charge in [0.15, 0.2) is 0 Å². The molecule has 6 heteroatoms. The Labute approximate surface area is 119 Å². The van der Waals surface area contributed by atoms with E-state index in [4.69, 9.17) is 4.42 Å². The lowest BCUT2D eigenvalue weighted by Crippen LogP contribution is -2.43. The Morgan fingerprint density at radius 2 is 2.25 bits per heavy atom. The van der Waals surface area contributed by atoms with Crippen LogP contribution in [0.2, 0.25) is 0 Å². The van der Waals surface area contributed by atoms with Crippen LogP contribution in [-0.4, -0.2) is 41.6 Å². The number of aromatic nitrogens is 1. The highest BCUT2D eigenvalue weighted by atomic mass is 16.4.